The maximum Gasteiger partial charge on any atom is 0.230 e. The summed E-state index contributed by atoms with van der Waals surface area (Å²) >= 11 is 11.3. The molecule has 0 amide bonds. The second-order valence-electron chi connectivity index (χ2n) is 2.88. The number of rotatable bonds is 2. The van der Waals surface area contributed by atoms with Crippen LogP contribution in [0.25, 0.3) is 0 Å². The number of hydrogen-bond donors (Lipinski definition) is 0. The van der Waals surface area contributed by atoms with Crippen molar-refractivity contribution in [2.45, 2.75) is 19.9 Å². The molecule has 1 aromatic heterocycles. The van der Waals surface area contributed by atoms with Crippen LogP contribution in [0.2, 0.25) is 10.6 Å². The fraction of sp³-hybridized carbons (Fsp3) is 0.571. The molecule has 0 atom stereocenters. The van der Waals surface area contributed by atoms with Gasteiger partial charge in [0, 0.05) is 13.1 Å². The molecule has 0 aromatic carbocycles. The van der Waals surface area contributed by atoms with Gasteiger partial charge in [-0.15, -0.1) is 0 Å². The average Bonchev–Trinajstić information content (AvgIpc) is 2.01. The quantitative estimate of drug-likeness (QED) is 0.766. The first-order chi connectivity index (χ1) is 6.00. The Morgan fingerprint density at radius 2 is 1.54 bits per heavy atom. The van der Waals surface area contributed by atoms with Crippen molar-refractivity contribution in [1.29, 1.82) is 0 Å². The minimum Gasteiger partial charge on any atom is -0.341 e. The van der Waals surface area contributed by atoms with Crippen LogP contribution in [-0.2, 0) is 0 Å². The number of nitrogens with zero attached hydrogens (tertiary/aromatic N) is 4. The van der Waals surface area contributed by atoms with Gasteiger partial charge in [0.1, 0.15) is 0 Å². The Labute approximate surface area is 86.9 Å². The van der Waals surface area contributed by atoms with Gasteiger partial charge in [-0.2, -0.15) is 15.0 Å². The Bertz CT molecular complexity index is 282. The van der Waals surface area contributed by atoms with Crippen molar-refractivity contribution in [3.8, 4) is 0 Å². The summed E-state index contributed by atoms with van der Waals surface area (Å²) in [5.74, 6) is 0.486. The highest BCUT2D eigenvalue weighted by molar-refractivity contribution is 6.31. The van der Waals surface area contributed by atoms with Gasteiger partial charge in [0.15, 0.2) is 0 Å². The molecule has 0 saturated carbocycles. The maximum atomic E-state index is 5.63. The van der Waals surface area contributed by atoms with Crippen LogP contribution in [0.4, 0.5) is 5.95 Å². The Morgan fingerprint density at radius 3 is 1.92 bits per heavy atom. The lowest BCUT2D eigenvalue weighted by Gasteiger charge is -2.20. The van der Waals surface area contributed by atoms with Crippen LogP contribution in [0.5, 0.6) is 0 Å². The van der Waals surface area contributed by atoms with Crippen molar-refractivity contribution in [1.82, 2.24) is 15.0 Å². The van der Waals surface area contributed by atoms with E-state index in [1.165, 1.54) is 0 Å². The summed E-state index contributed by atoms with van der Waals surface area (Å²) in [6, 6.07) is 0.287. The van der Waals surface area contributed by atoms with E-state index in [0.717, 1.165) is 0 Å². The molecular formula is C7H10Cl2N4. The van der Waals surface area contributed by atoms with E-state index in [-0.39, 0.29) is 16.6 Å². The van der Waals surface area contributed by atoms with E-state index in [1.54, 1.807) is 0 Å². The monoisotopic (exact) mass is 220 g/mol. The van der Waals surface area contributed by atoms with Crippen molar-refractivity contribution in [2.75, 3.05) is 11.9 Å². The highest BCUT2D eigenvalue weighted by Crippen LogP contribution is 2.14. The molecule has 1 rings (SSSR count). The van der Waals surface area contributed by atoms with Gasteiger partial charge in [-0.05, 0) is 37.0 Å². The number of hydrogen-bond acceptors (Lipinski definition) is 4. The lowest BCUT2D eigenvalue weighted by atomic mass is 10.4. The van der Waals surface area contributed by atoms with Crippen LogP contribution in [0.15, 0.2) is 0 Å². The Hall–Kier alpha value is -0.610. The van der Waals surface area contributed by atoms with Gasteiger partial charge in [-0.25, -0.2) is 0 Å². The molecule has 1 heterocycles. The highest BCUT2D eigenvalue weighted by atomic mass is 35.5. The standard InChI is InChI=1S/C7H10Cl2N4/c1-4(2)13(3)7-11-5(8)10-6(9)12-7/h4H,1-3H3. The Morgan fingerprint density at radius 1 is 1.08 bits per heavy atom. The molecule has 0 spiro atoms. The third kappa shape index (κ3) is 2.67. The van der Waals surface area contributed by atoms with Crippen LogP contribution in [0, 0.1) is 0 Å². The lowest BCUT2D eigenvalue weighted by molar-refractivity contribution is 0.725. The zero-order valence-electron chi connectivity index (χ0n) is 7.62. The molecule has 0 fully saturated rings. The third-order valence-corrected chi connectivity index (χ3v) is 2.00. The molecular weight excluding hydrogens is 211 g/mol. The third-order valence-electron chi connectivity index (χ3n) is 1.66. The van der Waals surface area contributed by atoms with E-state index in [4.69, 9.17) is 23.2 Å². The SMILES string of the molecule is CC(C)N(C)c1nc(Cl)nc(Cl)n1. The molecule has 0 radical (unpaired) electrons. The summed E-state index contributed by atoms with van der Waals surface area (Å²) in [6.45, 7) is 4.04. The van der Waals surface area contributed by atoms with Crippen LogP contribution < -0.4 is 4.90 Å². The highest BCUT2D eigenvalue weighted by Gasteiger charge is 2.10. The minimum atomic E-state index is 0.113. The van der Waals surface area contributed by atoms with E-state index >= 15 is 0 Å². The maximum absolute atomic E-state index is 5.63. The van der Waals surface area contributed by atoms with Crippen molar-refractivity contribution in [2.24, 2.45) is 0 Å². The normalized spacial score (nSPS) is 10.6. The molecule has 4 nitrogen and oxygen atoms in total. The second kappa shape index (κ2) is 4.07. The fourth-order valence-corrected chi connectivity index (χ4v) is 1.06. The van der Waals surface area contributed by atoms with Gasteiger partial charge in [0.25, 0.3) is 0 Å². The molecule has 0 aliphatic heterocycles. The molecule has 0 aliphatic rings. The summed E-state index contributed by atoms with van der Waals surface area (Å²) in [7, 11) is 1.87. The fourth-order valence-electron chi connectivity index (χ4n) is 0.705. The molecule has 72 valence electrons. The van der Waals surface area contributed by atoms with Gasteiger partial charge in [0.05, 0.1) is 0 Å². The summed E-state index contributed by atoms with van der Waals surface area (Å²) in [5.41, 5.74) is 0. The van der Waals surface area contributed by atoms with Crippen LogP contribution in [-0.4, -0.2) is 28.0 Å². The van der Waals surface area contributed by atoms with Crippen molar-refractivity contribution in [3.05, 3.63) is 10.6 Å². The van der Waals surface area contributed by atoms with Gasteiger partial charge >= 0.3 is 0 Å². The molecule has 0 N–H and O–H groups in total. The molecule has 0 bridgehead atoms. The van der Waals surface area contributed by atoms with Gasteiger partial charge in [-0.3, -0.25) is 0 Å². The first kappa shape index (κ1) is 10.5. The van der Waals surface area contributed by atoms with Crippen LogP contribution >= 0.6 is 23.2 Å². The average molecular weight is 221 g/mol. The summed E-state index contributed by atoms with van der Waals surface area (Å²) in [4.78, 5) is 13.4. The van der Waals surface area contributed by atoms with Crippen LogP contribution in [0.3, 0.4) is 0 Å². The van der Waals surface area contributed by atoms with E-state index in [9.17, 15) is 0 Å². The van der Waals surface area contributed by atoms with E-state index in [2.05, 4.69) is 15.0 Å². The number of aromatic nitrogens is 3. The lowest BCUT2D eigenvalue weighted by Crippen LogP contribution is -2.27. The van der Waals surface area contributed by atoms with E-state index in [0.29, 0.717) is 5.95 Å². The largest absolute Gasteiger partial charge is 0.341 e. The van der Waals surface area contributed by atoms with Crippen molar-refractivity contribution < 1.29 is 0 Å². The van der Waals surface area contributed by atoms with E-state index in [1.807, 2.05) is 25.8 Å². The zero-order valence-corrected chi connectivity index (χ0v) is 9.13. The molecule has 13 heavy (non-hydrogen) atoms. The van der Waals surface area contributed by atoms with Crippen LogP contribution in [0.1, 0.15) is 13.8 Å². The summed E-state index contributed by atoms with van der Waals surface area (Å²) < 4.78 is 0. The first-order valence-corrected chi connectivity index (χ1v) is 4.56. The smallest absolute Gasteiger partial charge is 0.230 e. The van der Waals surface area contributed by atoms with E-state index < -0.39 is 0 Å². The number of anilines is 1. The topological polar surface area (TPSA) is 41.9 Å². The zero-order chi connectivity index (χ0) is 10.0. The summed E-state index contributed by atoms with van der Waals surface area (Å²) in [6.07, 6.45) is 0. The molecule has 1 aromatic rings. The Balaban J connectivity index is 3.01. The molecule has 0 unspecified atom stereocenters. The minimum absolute atomic E-state index is 0.113. The van der Waals surface area contributed by atoms with Gasteiger partial charge in [0.2, 0.25) is 16.5 Å². The summed E-state index contributed by atoms with van der Waals surface area (Å²) in [5, 5.41) is 0.227. The number of halogens is 2. The second-order valence-corrected chi connectivity index (χ2v) is 3.55. The van der Waals surface area contributed by atoms with Gasteiger partial charge < -0.3 is 4.90 Å². The molecule has 6 heteroatoms. The molecule has 0 saturated heterocycles. The molecule has 0 aliphatic carbocycles. The van der Waals surface area contributed by atoms with Gasteiger partial charge in [-0.1, -0.05) is 0 Å². The van der Waals surface area contributed by atoms with Crippen molar-refractivity contribution >= 4 is 29.2 Å². The van der Waals surface area contributed by atoms with Crippen molar-refractivity contribution in [3.63, 3.8) is 0 Å². The predicted molar refractivity (Wildman–Crippen MR) is 53.4 cm³/mol. The Kier molecular flexibility index (Phi) is 3.27. The first-order valence-electron chi connectivity index (χ1n) is 3.80. The predicted octanol–water partition coefficient (Wildman–Crippen LogP) is 2.02.